The maximum absolute atomic E-state index is 13.0. The van der Waals surface area contributed by atoms with Crippen molar-refractivity contribution in [1.82, 2.24) is 9.80 Å². The average molecular weight is 344 g/mol. The lowest BCUT2D eigenvalue weighted by atomic mass is 10.0. The van der Waals surface area contributed by atoms with Crippen molar-refractivity contribution in [1.29, 1.82) is 0 Å². The van der Waals surface area contributed by atoms with Crippen molar-refractivity contribution in [2.45, 2.75) is 57.1 Å². The van der Waals surface area contributed by atoms with E-state index in [1.165, 1.54) is 12.8 Å². The number of hydrogen-bond acceptors (Lipinski definition) is 3. The molecule has 0 N–H and O–H groups in total. The van der Waals surface area contributed by atoms with Crippen LogP contribution in [0.25, 0.3) is 0 Å². The number of carbonyl (C=O) groups excluding carboxylic acids is 1. The molecule has 2 fully saturated rings. The smallest absolute Gasteiger partial charge is 0.227 e. The third-order valence-corrected chi connectivity index (χ3v) is 5.73. The first-order valence-electron chi connectivity index (χ1n) is 9.85. The summed E-state index contributed by atoms with van der Waals surface area (Å²) >= 11 is 0. The van der Waals surface area contributed by atoms with Gasteiger partial charge in [0, 0.05) is 39.3 Å². The summed E-state index contributed by atoms with van der Waals surface area (Å²) in [5, 5.41) is 0. The van der Waals surface area contributed by atoms with Crippen molar-refractivity contribution < 1.29 is 9.53 Å². The minimum Gasteiger partial charge on any atom is -0.381 e. The molecule has 0 aromatic heterocycles. The number of hydrogen-bond donors (Lipinski definition) is 0. The zero-order chi connectivity index (χ0) is 17.5. The molecule has 0 saturated carbocycles. The average Bonchev–Trinajstić information content (AvgIpc) is 2.89. The number of carbonyl (C=O) groups is 1. The van der Waals surface area contributed by atoms with Gasteiger partial charge in [-0.3, -0.25) is 4.79 Å². The Morgan fingerprint density at radius 1 is 1.04 bits per heavy atom. The Morgan fingerprint density at radius 2 is 1.80 bits per heavy atom. The van der Waals surface area contributed by atoms with Crippen molar-refractivity contribution in [2.75, 3.05) is 33.3 Å². The van der Waals surface area contributed by atoms with E-state index in [4.69, 9.17) is 4.74 Å². The molecule has 0 spiro atoms. The fourth-order valence-corrected chi connectivity index (χ4v) is 4.19. The summed E-state index contributed by atoms with van der Waals surface area (Å²) in [6.07, 6.45) is 7.95. The maximum Gasteiger partial charge on any atom is 0.227 e. The molecule has 1 unspecified atom stereocenters. The number of ether oxygens (including phenoxy) is 1. The van der Waals surface area contributed by atoms with E-state index in [2.05, 4.69) is 21.9 Å². The van der Waals surface area contributed by atoms with Gasteiger partial charge < -0.3 is 14.5 Å². The second kappa shape index (κ2) is 9.35. The van der Waals surface area contributed by atoms with Crippen molar-refractivity contribution in [3.8, 4) is 0 Å². The van der Waals surface area contributed by atoms with Gasteiger partial charge in [0.05, 0.1) is 12.5 Å². The molecule has 0 radical (unpaired) electrons. The Kier molecular flexibility index (Phi) is 6.88. The quantitative estimate of drug-likeness (QED) is 0.823. The highest BCUT2D eigenvalue weighted by atomic mass is 16.5. The van der Waals surface area contributed by atoms with Crippen LogP contribution in [0.4, 0.5) is 0 Å². The fraction of sp³-hybridized carbons (Fsp3) is 0.667. The van der Waals surface area contributed by atoms with E-state index in [0.29, 0.717) is 24.5 Å². The van der Waals surface area contributed by atoms with Gasteiger partial charge in [-0.2, -0.15) is 0 Å². The third-order valence-electron chi connectivity index (χ3n) is 5.73. The van der Waals surface area contributed by atoms with E-state index in [1.807, 2.05) is 25.3 Å². The number of piperidine rings is 1. The Morgan fingerprint density at radius 3 is 2.52 bits per heavy atom. The van der Waals surface area contributed by atoms with Crippen LogP contribution in [0.15, 0.2) is 30.3 Å². The van der Waals surface area contributed by atoms with Crippen LogP contribution in [0.1, 0.15) is 44.1 Å². The number of amides is 1. The van der Waals surface area contributed by atoms with Gasteiger partial charge in [-0.05, 0) is 31.2 Å². The number of rotatable bonds is 5. The van der Waals surface area contributed by atoms with E-state index < -0.39 is 0 Å². The van der Waals surface area contributed by atoms with Crippen LogP contribution in [0, 0.1) is 0 Å². The molecule has 2 aliphatic rings. The van der Waals surface area contributed by atoms with E-state index in [9.17, 15) is 4.79 Å². The van der Waals surface area contributed by atoms with Gasteiger partial charge in [0.2, 0.25) is 5.91 Å². The second-order valence-electron chi connectivity index (χ2n) is 7.49. The molecule has 1 aromatic rings. The molecule has 2 aliphatic heterocycles. The summed E-state index contributed by atoms with van der Waals surface area (Å²) in [6, 6.07) is 10.5. The molecule has 1 aromatic carbocycles. The highest BCUT2D eigenvalue weighted by Crippen LogP contribution is 2.21. The van der Waals surface area contributed by atoms with E-state index in [0.717, 1.165) is 57.4 Å². The molecular formula is C21H32N2O2. The first-order chi connectivity index (χ1) is 12.3. The predicted molar refractivity (Wildman–Crippen MR) is 101 cm³/mol. The molecule has 138 valence electrons. The van der Waals surface area contributed by atoms with Crippen molar-refractivity contribution >= 4 is 5.91 Å². The highest BCUT2D eigenvalue weighted by molar-refractivity contribution is 5.79. The largest absolute Gasteiger partial charge is 0.381 e. The standard InChI is InChI=1S/C21H32N2O2/c1-25-20-11-14-22(15-12-20)17-19-10-6-3-7-13-23(19)21(24)16-18-8-4-2-5-9-18/h2,4-5,8-9,19-20H,3,6-7,10-17H2,1H3. The molecule has 0 bridgehead atoms. The van der Waals surface area contributed by atoms with Gasteiger partial charge in [-0.1, -0.05) is 43.2 Å². The van der Waals surface area contributed by atoms with Crippen LogP contribution in [0.2, 0.25) is 0 Å². The second-order valence-corrected chi connectivity index (χ2v) is 7.49. The van der Waals surface area contributed by atoms with Crippen molar-refractivity contribution in [3.05, 3.63) is 35.9 Å². The van der Waals surface area contributed by atoms with Crippen LogP contribution < -0.4 is 0 Å². The highest BCUT2D eigenvalue weighted by Gasteiger charge is 2.28. The number of benzene rings is 1. The Labute approximate surface area is 152 Å². The van der Waals surface area contributed by atoms with Gasteiger partial charge in [-0.15, -0.1) is 0 Å². The predicted octanol–water partition coefficient (Wildman–Crippen LogP) is 3.11. The third kappa shape index (κ3) is 5.29. The topological polar surface area (TPSA) is 32.8 Å². The number of nitrogens with zero attached hydrogens (tertiary/aromatic N) is 2. The van der Waals surface area contributed by atoms with Crippen LogP contribution in [-0.2, 0) is 16.0 Å². The SMILES string of the molecule is COC1CCN(CC2CCCCCN2C(=O)Cc2ccccc2)CC1. The summed E-state index contributed by atoms with van der Waals surface area (Å²) in [4.78, 5) is 17.7. The van der Waals surface area contributed by atoms with Crippen LogP contribution in [0.5, 0.6) is 0 Å². The fourth-order valence-electron chi connectivity index (χ4n) is 4.19. The number of likely N-dealkylation sites (tertiary alicyclic amines) is 2. The molecule has 0 aliphatic carbocycles. The van der Waals surface area contributed by atoms with Crippen LogP contribution in [-0.4, -0.2) is 61.1 Å². The summed E-state index contributed by atoms with van der Waals surface area (Å²) in [6.45, 7) is 4.13. The Balaban J connectivity index is 1.60. The molecule has 1 atom stereocenters. The van der Waals surface area contributed by atoms with Gasteiger partial charge in [0.25, 0.3) is 0 Å². The van der Waals surface area contributed by atoms with Gasteiger partial charge >= 0.3 is 0 Å². The lowest BCUT2D eigenvalue weighted by Crippen LogP contribution is -2.49. The van der Waals surface area contributed by atoms with Gasteiger partial charge in [-0.25, -0.2) is 0 Å². The molecule has 3 rings (SSSR count). The molecule has 4 heteroatoms. The monoisotopic (exact) mass is 344 g/mol. The zero-order valence-electron chi connectivity index (χ0n) is 15.5. The maximum atomic E-state index is 13.0. The molecule has 2 saturated heterocycles. The normalized spacial score (nSPS) is 23.4. The van der Waals surface area contributed by atoms with E-state index in [-0.39, 0.29) is 0 Å². The van der Waals surface area contributed by atoms with Crippen LogP contribution >= 0.6 is 0 Å². The molecule has 1 amide bonds. The van der Waals surface area contributed by atoms with Crippen molar-refractivity contribution in [3.63, 3.8) is 0 Å². The molecule has 25 heavy (non-hydrogen) atoms. The first kappa shape index (κ1) is 18.4. The summed E-state index contributed by atoms with van der Waals surface area (Å²) in [7, 11) is 1.82. The number of methoxy groups -OCH3 is 1. The molecular weight excluding hydrogens is 312 g/mol. The lowest BCUT2D eigenvalue weighted by Gasteiger charge is -2.37. The molecule has 2 heterocycles. The lowest BCUT2D eigenvalue weighted by molar-refractivity contribution is -0.133. The van der Waals surface area contributed by atoms with E-state index in [1.54, 1.807) is 0 Å². The minimum absolute atomic E-state index is 0.296. The first-order valence-corrected chi connectivity index (χ1v) is 9.85. The van der Waals surface area contributed by atoms with E-state index >= 15 is 0 Å². The van der Waals surface area contributed by atoms with Gasteiger partial charge in [0.1, 0.15) is 0 Å². The Hall–Kier alpha value is -1.39. The summed E-state index contributed by atoms with van der Waals surface area (Å²) in [5.41, 5.74) is 1.12. The summed E-state index contributed by atoms with van der Waals surface area (Å²) < 4.78 is 5.48. The van der Waals surface area contributed by atoms with Gasteiger partial charge in [0.15, 0.2) is 0 Å². The van der Waals surface area contributed by atoms with Crippen LogP contribution in [0.3, 0.4) is 0 Å². The Bertz CT molecular complexity index is 526. The minimum atomic E-state index is 0.296. The molecule has 4 nitrogen and oxygen atoms in total. The summed E-state index contributed by atoms with van der Waals surface area (Å²) in [5.74, 6) is 0.296. The van der Waals surface area contributed by atoms with Crippen molar-refractivity contribution in [2.24, 2.45) is 0 Å². The zero-order valence-corrected chi connectivity index (χ0v) is 15.5.